The smallest absolute Gasteiger partial charge is 0.354 e. The molecule has 1 N–H and O–H groups in total. The van der Waals surface area contributed by atoms with Crippen LogP contribution in [0.15, 0.2) is 24.4 Å². The lowest BCUT2D eigenvalue weighted by Gasteiger charge is -2.30. The number of anilines is 2. The van der Waals surface area contributed by atoms with Gasteiger partial charge >= 0.3 is 5.97 Å². The van der Waals surface area contributed by atoms with Crippen LogP contribution >= 0.6 is 0 Å². The van der Waals surface area contributed by atoms with E-state index in [2.05, 4.69) is 14.9 Å². The Labute approximate surface area is 156 Å². The third-order valence-electron chi connectivity index (χ3n) is 5.25. The van der Waals surface area contributed by atoms with Crippen molar-refractivity contribution in [1.29, 1.82) is 0 Å². The highest BCUT2D eigenvalue weighted by Gasteiger charge is 2.25. The number of carbonyl (C=O) groups is 1. The summed E-state index contributed by atoms with van der Waals surface area (Å²) in [5, 5.41) is 9.08. The Kier molecular flexibility index (Phi) is 4.65. The molecule has 0 aliphatic carbocycles. The van der Waals surface area contributed by atoms with Crippen molar-refractivity contribution < 1.29 is 19.0 Å². The molecular formula is C19H21FN4O3. The van der Waals surface area contributed by atoms with Crippen molar-refractivity contribution in [1.82, 2.24) is 9.97 Å². The van der Waals surface area contributed by atoms with Crippen molar-refractivity contribution in [3.05, 3.63) is 47.2 Å². The fourth-order valence-electron chi connectivity index (χ4n) is 3.72. The SMILES string of the molecule is COC1CCN(c2cc(F)nc(N3CCc4cc(C(=O)O)ncc4C3)c2)C1. The summed E-state index contributed by atoms with van der Waals surface area (Å²) in [6.07, 6.45) is 3.35. The molecule has 4 heterocycles. The van der Waals surface area contributed by atoms with Gasteiger partial charge in [-0.05, 0) is 30.0 Å². The second-order valence-corrected chi connectivity index (χ2v) is 6.91. The number of carboxylic acid groups (broad SMARTS) is 1. The molecular weight excluding hydrogens is 351 g/mol. The number of fused-ring (bicyclic) bond motifs is 1. The Morgan fingerprint density at radius 3 is 2.85 bits per heavy atom. The molecule has 2 aromatic heterocycles. The average Bonchev–Trinajstić information content (AvgIpc) is 3.16. The van der Waals surface area contributed by atoms with Gasteiger partial charge in [0.05, 0.1) is 6.10 Å². The molecule has 0 saturated carbocycles. The number of nitrogens with zero attached hydrogens (tertiary/aromatic N) is 4. The third kappa shape index (κ3) is 3.57. The molecule has 1 atom stereocenters. The van der Waals surface area contributed by atoms with Crippen LogP contribution < -0.4 is 9.80 Å². The van der Waals surface area contributed by atoms with Gasteiger partial charge in [-0.25, -0.2) is 14.8 Å². The largest absolute Gasteiger partial charge is 0.477 e. The topological polar surface area (TPSA) is 78.8 Å². The number of hydrogen-bond acceptors (Lipinski definition) is 6. The van der Waals surface area contributed by atoms with Crippen LogP contribution in [-0.4, -0.2) is 53.9 Å². The fourth-order valence-corrected chi connectivity index (χ4v) is 3.72. The Hall–Kier alpha value is -2.74. The number of aromatic carboxylic acids is 1. The van der Waals surface area contributed by atoms with Gasteiger partial charge in [0.2, 0.25) is 5.95 Å². The summed E-state index contributed by atoms with van der Waals surface area (Å²) in [6.45, 7) is 2.74. The molecule has 8 heteroatoms. The second kappa shape index (κ2) is 7.11. The fraction of sp³-hybridized carbons (Fsp3) is 0.421. The molecule has 1 fully saturated rings. The highest BCUT2D eigenvalue weighted by Crippen LogP contribution is 2.29. The van der Waals surface area contributed by atoms with Gasteiger partial charge in [0, 0.05) is 57.3 Å². The Morgan fingerprint density at radius 2 is 2.11 bits per heavy atom. The first-order valence-electron chi connectivity index (χ1n) is 8.95. The number of hydrogen-bond donors (Lipinski definition) is 1. The maximum atomic E-state index is 14.2. The zero-order valence-electron chi connectivity index (χ0n) is 15.1. The molecule has 2 aliphatic heterocycles. The lowest BCUT2D eigenvalue weighted by molar-refractivity contribution is 0.0690. The molecule has 4 rings (SSSR count). The van der Waals surface area contributed by atoms with Crippen LogP contribution in [0.5, 0.6) is 0 Å². The maximum Gasteiger partial charge on any atom is 0.354 e. The van der Waals surface area contributed by atoms with Crippen molar-refractivity contribution in [3.63, 3.8) is 0 Å². The van der Waals surface area contributed by atoms with Gasteiger partial charge in [-0.3, -0.25) is 0 Å². The molecule has 27 heavy (non-hydrogen) atoms. The number of aromatic nitrogens is 2. The van der Waals surface area contributed by atoms with Crippen molar-refractivity contribution >= 4 is 17.5 Å². The van der Waals surface area contributed by atoms with E-state index in [4.69, 9.17) is 9.84 Å². The number of halogens is 1. The molecule has 2 aromatic rings. The summed E-state index contributed by atoms with van der Waals surface area (Å²) in [4.78, 5) is 23.3. The molecule has 0 aromatic carbocycles. The minimum Gasteiger partial charge on any atom is -0.477 e. The van der Waals surface area contributed by atoms with E-state index in [1.54, 1.807) is 19.4 Å². The lowest BCUT2D eigenvalue weighted by atomic mass is 10.0. The second-order valence-electron chi connectivity index (χ2n) is 6.91. The van der Waals surface area contributed by atoms with Crippen LogP contribution in [0.4, 0.5) is 15.9 Å². The summed E-state index contributed by atoms with van der Waals surface area (Å²) in [5.41, 5.74) is 2.77. The predicted molar refractivity (Wildman–Crippen MR) is 97.8 cm³/mol. The Bertz CT molecular complexity index is 876. The normalized spacial score (nSPS) is 19.3. The predicted octanol–water partition coefficient (Wildman–Crippen LogP) is 2.10. The summed E-state index contributed by atoms with van der Waals surface area (Å²) in [7, 11) is 1.70. The van der Waals surface area contributed by atoms with E-state index in [9.17, 15) is 9.18 Å². The van der Waals surface area contributed by atoms with E-state index in [0.29, 0.717) is 25.3 Å². The highest BCUT2D eigenvalue weighted by atomic mass is 19.1. The van der Waals surface area contributed by atoms with Gasteiger partial charge < -0.3 is 19.6 Å². The number of ether oxygens (including phenoxy) is 1. The molecule has 1 saturated heterocycles. The van der Waals surface area contributed by atoms with E-state index in [0.717, 1.165) is 36.3 Å². The van der Waals surface area contributed by atoms with Gasteiger partial charge in [-0.15, -0.1) is 0 Å². The maximum absolute atomic E-state index is 14.2. The van der Waals surface area contributed by atoms with Crippen LogP contribution in [0.3, 0.4) is 0 Å². The molecule has 0 bridgehead atoms. The van der Waals surface area contributed by atoms with E-state index < -0.39 is 11.9 Å². The summed E-state index contributed by atoms with van der Waals surface area (Å²) >= 11 is 0. The monoisotopic (exact) mass is 372 g/mol. The number of pyridine rings is 2. The van der Waals surface area contributed by atoms with Crippen LogP contribution in [-0.2, 0) is 17.7 Å². The number of carboxylic acids is 1. The molecule has 0 amide bonds. The first kappa shape index (κ1) is 17.7. The molecule has 0 radical (unpaired) electrons. The standard InChI is InChI=1S/C19H21FN4O3/c1-27-15-3-5-23(11-15)14-7-17(20)22-18(8-14)24-4-2-12-6-16(19(25)26)21-9-13(12)10-24/h6-9,15H,2-5,10-11H2,1H3,(H,25,26). The van der Waals surface area contributed by atoms with Crippen LogP contribution in [0, 0.1) is 5.95 Å². The number of methoxy groups -OCH3 is 1. The summed E-state index contributed by atoms with van der Waals surface area (Å²) in [6, 6.07) is 4.99. The minimum absolute atomic E-state index is 0.0510. The Morgan fingerprint density at radius 1 is 1.26 bits per heavy atom. The van der Waals surface area contributed by atoms with Crippen LogP contribution in [0.1, 0.15) is 28.0 Å². The lowest BCUT2D eigenvalue weighted by Crippen LogP contribution is -2.32. The molecule has 142 valence electrons. The van der Waals surface area contributed by atoms with Crippen molar-refractivity contribution in [2.24, 2.45) is 0 Å². The Balaban J connectivity index is 1.56. The van der Waals surface area contributed by atoms with E-state index in [-0.39, 0.29) is 11.8 Å². The molecule has 1 unspecified atom stereocenters. The quantitative estimate of drug-likeness (QED) is 0.824. The number of rotatable bonds is 4. The highest BCUT2D eigenvalue weighted by molar-refractivity contribution is 5.85. The third-order valence-corrected chi connectivity index (χ3v) is 5.25. The molecule has 7 nitrogen and oxygen atoms in total. The van der Waals surface area contributed by atoms with Gasteiger partial charge in [0.1, 0.15) is 11.5 Å². The average molecular weight is 372 g/mol. The van der Waals surface area contributed by atoms with Gasteiger partial charge in [-0.1, -0.05) is 0 Å². The first-order chi connectivity index (χ1) is 13.0. The van der Waals surface area contributed by atoms with Gasteiger partial charge in [0.15, 0.2) is 0 Å². The van der Waals surface area contributed by atoms with Gasteiger partial charge in [-0.2, -0.15) is 4.39 Å². The molecule has 0 spiro atoms. The zero-order valence-corrected chi connectivity index (χ0v) is 15.1. The van der Waals surface area contributed by atoms with Crippen molar-refractivity contribution in [3.8, 4) is 0 Å². The summed E-state index contributed by atoms with van der Waals surface area (Å²) in [5.74, 6) is -0.955. The zero-order chi connectivity index (χ0) is 19.0. The minimum atomic E-state index is -1.03. The van der Waals surface area contributed by atoms with Crippen molar-refractivity contribution in [2.75, 3.05) is 36.5 Å². The van der Waals surface area contributed by atoms with Crippen LogP contribution in [0.25, 0.3) is 0 Å². The van der Waals surface area contributed by atoms with E-state index in [1.807, 2.05) is 11.0 Å². The van der Waals surface area contributed by atoms with Crippen LogP contribution in [0.2, 0.25) is 0 Å². The van der Waals surface area contributed by atoms with Crippen molar-refractivity contribution in [2.45, 2.75) is 25.5 Å². The van der Waals surface area contributed by atoms with Gasteiger partial charge in [0.25, 0.3) is 0 Å². The van der Waals surface area contributed by atoms with E-state index in [1.165, 1.54) is 6.07 Å². The summed E-state index contributed by atoms with van der Waals surface area (Å²) < 4.78 is 19.6. The van der Waals surface area contributed by atoms with E-state index >= 15 is 0 Å². The molecule has 2 aliphatic rings. The first-order valence-corrected chi connectivity index (χ1v) is 8.95.